The number of hydrogen-bond donors (Lipinski definition) is 0. The first kappa shape index (κ1) is 14.2. The van der Waals surface area contributed by atoms with Gasteiger partial charge in [0.05, 0.1) is 9.90 Å². The number of ether oxygens (including phenoxy) is 1. The molecule has 0 amide bonds. The summed E-state index contributed by atoms with van der Waals surface area (Å²) in [7, 11) is 0. The molecule has 2 rings (SSSR count). The van der Waals surface area contributed by atoms with Gasteiger partial charge in [-0.05, 0) is 18.2 Å². The number of halogens is 4. The van der Waals surface area contributed by atoms with Crippen molar-refractivity contribution in [3.63, 3.8) is 0 Å². The van der Waals surface area contributed by atoms with Crippen LogP contribution in [0, 0.1) is 11.6 Å². The van der Waals surface area contributed by atoms with Crippen molar-refractivity contribution in [3.05, 3.63) is 50.1 Å². The molecule has 0 bridgehead atoms. The van der Waals surface area contributed by atoms with Crippen molar-refractivity contribution < 1.29 is 18.3 Å². The Hall–Kier alpha value is -1.17. The Morgan fingerprint density at radius 2 is 2.05 bits per heavy atom. The quantitative estimate of drug-likeness (QED) is 0.769. The summed E-state index contributed by atoms with van der Waals surface area (Å²) in [6, 6.07) is 4.88. The third-order valence-corrected chi connectivity index (χ3v) is 3.72. The van der Waals surface area contributed by atoms with Gasteiger partial charge in [0.25, 0.3) is 0 Å². The van der Waals surface area contributed by atoms with Crippen LogP contribution in [0.25, 0.3) is 0 Å². The van der Waals surface area contributed by atoms with Crippen LogP contribution in [-0.2, 0) is 0 Å². The highest BCUT2D eigenvalue weighted by Crippen LogP contribution is 2.31. The second kappa shape index (κ2) is 5.86. The van der Waals surface area contributed by atoms with E-state index in [4.69, 9.17) is 27.9 Å². The van der Waals surface area contributed by atoms with Crippen molar-refractivity contribution in [2.24, 2.45) is 0 Å². The molecule has 0 aliphatic rings. The Morgan fingerprint density at radius 1 is 1.32 bits per heavy atom. The second-order valence-corrected chi connectivity index (χ2v) is 5.79. The minimum atomic E-state index is -1.13. The maximum Gasteiger partial charge on any atom is 0.202 e. The molecule has 0 fully saturated rings. The molecule has 0 atom stereocenters. The van der Waals surface area contributed by atoms with Gasteiger partial charge in [0.15, 0.2) is 18.2 Å². The first-order valence-corrected chi connectivity index (χ1v) is 6.61. The average Bonchev–Trinajstić information content (AvgIpc) is 2.70. The molecular formula is C12H6Cl2F2O2S. The van der Waals surface area contributed by atoms with Crippen molar-refractivity contribution in [1.82, 2.24) is 0 Å². The number of carbonyl (C=O) groups is 1. The van der Waals surface area contributed by atoms with Crippen molar-refractivity contribution in [2.45, 2.75) is 0 Å². The Balaban J connectivity index is 2.09. The summed E-state index contributed by atoms with van der Waals surface area (Å²) in [5.41, 5.74) is 0.202. The van der Waals surface area contributed by atoms with E-state index in [2.05, 4.69) is 0 Å². The van der Waals surface area contributed by atoms with Crippen LogP contribution in [0.4, 0.5) is 8.78 Å². The zero-order valence-electron chi connectivity index (χ0n) is 9.25. The number of rotatable bonds is 4. The molecular weight excluding hydrogens is 317 g/mol. The number of ketones is 1. The molecule has 0 spiro atoms. The molecule has 2 nitrogen and oxygen atoms in total. The molecule has 19 heavy (non-hydrogen) atoms. The number of hydrogen-bond acceptors (Lipinski definition) is 3. The van der Waals surface area contributed by atoms with Gasteiger partial charge in [-0.15, -0.1) is 11.3 Å². The molecule has 100 valence electrons. The van der Waals surface area contributed by atoms with Crippen LogP contribution < -0.4 is 4.74 Å². The van der Waals surface area contributed by atoms with E-state index >= 15 is 0 Å². The lowest BCUT2D eigenvalue weighted by molar-refractivity contribution is 0.0918. The standard InChI is InChI=1S/C12H6Cl2F2O2S/c13-10-4-6(12(14)19-10)8(17)5-18-9-3-1-2-7(15)11(9)16/h1-4H,5H2. The maximum absolute atomic E-state index is 13.3. The van der Waals surface area contributed by atoms with E-state index < -0.39 is 24.0 Å². The van der Waals surface area contributed by atoms with Crippen LogP contribution in [0.3, 0.4) is 0 Å². The van der Waals surface area contributed by atoms with Crippen LogP contribution in [-0.4, -0.2) is 12.4 Å². The van der Waals surface area contributed by atoms with Gasteiger partial charge < -0.3 is 4.74 Å². The van der Waals surface area contributed by atoms with Gasteiger partial charge in [0.1, 0.15) is 4.34 Å². The highest BCUT2D eigenvalue weighted by Gasteiger charge is 2.16. The third kappa shape index (κ3) is 3.23. The molecule has 1 aromatic carbocycles. The van der Waals surface area contributed by atoms with Crippen molar-refractivity contribution in [2.75, 3.05) is 6.61 Å². The van der Waals surface area contributed by atoms with E-state index in [1.807, 2.05) is 0 Å². The summed E-state index contributed by atoms with van der Waals surface area (Å²) in [6.45, 7) is -0.451. The Kier molecular flexibility index (Phi) is 4.39. The van der Waals surface area contributed by atoms with Gasteiger partial charge in [0, 0.05) is 0 Å². The third-order valence-electron chi connectivity index (χ3n) is 2.23. The van der Waals surface area contributed by atoms with Gasteiger partial charge in [-0.2, -0.15) is 4.39 Å². The molecule has 2 aromatic rings. The number of benzene rings is 1. The van der Waals surface area contributed by atoms with Crippen LogP contribution >= 0.6 is 34.5 Å². The van der Waals surface area contributed by atoms with E-state index in [0.29, 0.717) is 4.34 Å². The lowest BCUT2D eigenvalue weighted by Crippen LogP contribution is -2.12. The number of carbonyl (C=O) groups excluding carboxylic acids is 1. The topological polar surface area (TPSA) is 26.3 Å². The molecule has 0 N–H and O–H groups in total. The van der Waals surface area contributed by atoms with Gasteiger partial charge in [-0.1, -0.05) is 29.3 Å². The predicted octanol–water partition coefficient (Wildman–Crippen LogP) is 4.59. The first-order valence-electron chi connectivity index (χ1n) is 5.04. The van der Waals surface area contributed by atoms with Gasteiger partial charge in [0.2, 0.25) is 11.6 Å². The highest BCUT2D eigenvalue weighted by molar-refractivity contribution is 7.20. The van der Waals surface area contributed by atoms with Crippen LogP contribution in [0.15, 0.2) is 24.3 Å². The van der Waals surface area contributed by atoms with Crippen molar-refractivity contribution in [3.8, 4) is 5.75 Å². The second-order valence-electron chi connectivity index (χ2n) is 3.50. The largest absolute Gasteiger partial charge is 0.482 e. The fourth-order valence-corrected chi connectivity index (χ4v) is 2.85. The van der Waals surface area contributed by atoms with E-state index in [1.165, 1.54) is 18.2 Å². The molecule has 1 aromatic heterocycles. The summed E-state index contributed by atoms with van der Waals surface area (Å²) in [4.78, 5) is 11.8. The van der Waals surface area contributed by atoms with Crippen molar-refractivity contribution in [1.29, 1.82) is 0 Å². The van der Waals surface area contributed by atoms with E-state index in [9.17, 15) is 13.6 Å². The van der Waals surface area contributed by atoms with Crippen LogP contribution in [0.5, 0.6) is 5.75 Å². The molecule has 7 heteroatoms. The van der Waals surface area contributed by atoms with Gasteiger partial charge in [-0.25, -0.2) is 4.39 Å². The fraction of sp³-hybridized carbons (Fsp3) is 0.0833. The van der Waals surface area contributed by atoms with E-state index in [-0.39, 0.29) is 15.6 Å². The molecule has 1 heterocycles. The average molecular weight is 323 g/mol. The van der Waals surface area contributed by atoms with Crippen molar-refractivity contribution >= 4 is 40.3 Å². The minimum absolute atomic E-state index is 0.202. The monoisotopic (exact) mass is 322 g/mol. The Bertz CT molecular complexity index is 628. The summed E-state index contributed by atoms with van der Waals surface area (Å²) in [5, 5.41) is 0. The van der Waals surface area contributed by atoms with Crippen LogP contribution in [0.1, 0.15) is 10.4 Å². The van der Waals surface area contributed by atoms with E-state index in [0.717, 1.165) is 17.4 Å². The smallest absolute Gasteiger partial charge is 0.202 e. The zero-order chi connectivity index (χ0) is 14.0. The highest BCUT2D eigenvalue weighted by atomic mass is 35.5. The predicted molar refractivity (Wildman–Crippen MR) is 70.5 cm³/mol. The summed E-state index contributed by atoms with van der Waals surface area (Å²) >= 11 is 12.6. The summed E-state index contributed by atoms with van der Waals surface area (Å²) in [5.74, 6) is -2.96. The molecule has 0 saturated heterocycles. The molecule has 0 unspecified atom stereocenters. The van der Waals surface area contributed by atoms with Crippen LogP contribution in [0.2, 0.25) is 8.67 Å². The van der Waals surface area contributed by atoms with Gasteiger partial charge in [-0.3, -0.25) is 4.79 Å². The lowest BCUT2D eigenvalue weighted by Gasteiger charge is -2.06. The normalized spacial score (nSPS) is 10.5. The molecule has 0 saturated carbocycles. The minimum Gasteiger partial charge on any atom is -0.482 e. The number of thiophene rings is 1. The Labute approximate surface area is 121 Å². The van der Waals surface area contributed by atoms with Gasteiger partial charge >= 0.3 is 0 Å². The maximum atomic E-state index is 13.3. The fourth-order valence-electron chi connectivity index (χ4n) is 1.35. The number of Topliss-reactive ketones (excluding diaryl/α,β-unsaturated/α-hetero) is 1. The first-order chi connectivity index (χ1) is 8.99. The molecule has 0 radical (unpaired) electrons. The molecule has 0 aliphatic carbocycles. The lowest BCUT2D eigenvalue weighted by atomic mass is 10.2. The SMILES string of the molecule is O=C(COc1cccc(F)c1F)c1cc(Cl)sc1Cl. The Morgan fingerprint density at radius 3 is 2.68 bits per heavy atom. The summed E-state index contributed by atoms with van der Waals surface area (Å²) in [6.07, 6.45) is 0. The zero-order valence-corrected chi connectivity index (χ0v) is 11.6. The summed E-state index contributed by atoms with van der Waals surface area (Å²) < 4.78 is 31.7. The molecule has 0 aliphatic heterocycles. The van der Waals surface area contributed by atoms with E-state index in [1.54, 1.807) is 0 Å².